The number of aliphatic hydroxyl groups excluding tert-OH is 1. The predicted octanol–water partition coefficient (Wildman–Crippen LogP) is 0.220. The molecule has 0 aliphatic heterocycles. The van der Waals surface area contributed by atoms with Crippen LogP contribution < -0.4 is 0 Å². The van der Waals surface area contributed by atoms with Crippen LogP contribution in [-0.2, 0) is 19.0 Å². The highest BCUT2D eigenvalue weighted by molar-refractivity contribution is 5.88. The van der Waals surface area contributed by atoms with Gasteiger partial charge in [-0.05, 0) is 0 Å². The summed E-state index contributed by atoms with van der Waals surface area (Å²) in [5.74, 6) is -0.689. The predicted molar refractivity (Wildman–Crippen MR) is 40.5 cm³/mol. The van der Waals surface area contributed by atoms with Gasteiger partial charge in [-0.25, -0.2) is 4.79 Å². The first kappa shape index (κ1) is 10.9. The Bertz CT molecular complexity index is 171. The summed E-state index contributed by atoms with van der Waals surface area (Å²) >= 11 is 0. The number of aliphatic hydroxyl groups is 1. The normalized spacial score (nSPS) is 11.8. The van der Waals surface area contributed by atoms with E-state index in [9.17, 15) is 4.79 Å². The van der Waals surface area contributed by atoms with Crippen molar-refractivity contribution in [2.24, 2.45) is 0 Å². The van der Waals surface area contributed by atoms with Gasteiger partial charge in [0.15, 0.2) is 6.29 Å². The second kappa shape index (κ2) is 5.56. The fraction of sp³-hybridized carbons (Fsp3) is 0.571. The summed E-state index contributed by atoms with van der Waals surface area (Å²) in [6.45, 7) is 0. The summed E-state index contributed by atoms with van der Waals surface area (Å²) in [7, 11) is 3.90. The lowest BCUT2D eigenvalue weighted by atomic mass is 10.3. The standard InChI is InChI=1S/C7H12O5/c1-10-6(9)5(4-8)7(11-2)12-3/h4,7-8H,1-3H3/b5-4+. The van der Waals surface area contributed by atoms with Crippen LogP contribution >= 0.6 is 0 Å². The Hall–Kier alpha value is -1.07. The number of methoxy groups -OCH3 is 3. The number of carbonyl (C=O) groups excluding carboxylic acids is 1. The molecule has 0 bridgehead atoms. The van der Waals surface area contributed by atoms with Gasteiger partial charge in [0.05, 0.1) is 13.4 Å². The molecule has 0 amide bonds. The van der Waals surface area contributed by atoms with Crippen molar-refractivity contribution in [1.82, 2.24) is 0 Å². The van der Waals surface area contributed by atoms with E-state index in [-0.39, 0.29) is 5.57 Å². The second-order valence-electron chi connectivity index (χ2n) is 1.88. The summed E-state index contributed by atoms with van der Waals surface area (Å²) in [5.41, 5.74) is -0.0810. The molecule has 0 fully saturated rings. The Balaban J connectivity index is 4.43. The Morgan fingerprint density at radius 1 is 1.33 bits per heavy atom. The number of ether oxygens (including phenoxy) is 3. The molecule has 1 N–H and O–H groups in total. The second-order valence-corrected chi connectivity index (χ2v) is 1.88. The minimum absolute atomic E-state index is 0.0810. The molecule has 0 heterocycles. The summed E-state index contributed by atoms with van der Waals surface area (Å²) in [5, 5.41) is 8.64. The van der Waals surface area contributed by atoms with E-state index < -0.39 is 12.3 Å². The fourth-order valence-electron chi connectivity index (χ4n) is 0.678. The van der Waals surface area contributed by atoms with Gasteiger partial charge < -0.3 is 19.3 Å². The van der Waals surface area contributed by atoms with Crippen LogP contribution in [-0.4, -0.2) is 38.7 Å². The average molecular weight is 176 g/mol. The van der Waals surface area contributed by atoms with E-state index in [2.05, 4.69) is 4.74 Å². The van der Waals surface area contributed by atoms with E-state index in [1.165, 1.54) is 21.3 Å². The van der Waals surface area contributed by atoms with Crippen molar-refractivity contribution in [2.45, 2.75) is 6.29 Å². The van der Waals surface area contributed by atoms with Crippen molar-refractivity contribution in [3.05, 3.63) is 11.8 Å². The molecule has 0 unspecified atom stereocenters. The van der Waals surface area contributed by atoms with Gasteiger partial charge in [-0.2, -0.15) is 0 Å². The van der Waals surface area contributed by atoms with E-state index in [1.807, 2.05) is 0 Å². The van der Waals surface area contributed by atoms with Crippen molar-refractivity contribution in [3.63, 3.8) is 0 Å². The molecule has 12 heavy (non-hydrogen) atoms. The SMILES string of the molecule is COC(=O)/C(=C\O)C(OC)OC. The smallest absolute Gasteiger partial charge is 0.342 e. The molecule has 0 aliphatic carbocycles. The first-order chi connectivity index (χ1) is 5.71. The Kier molecular flexibility index (Phi) is 5.07. The molecule has 0 radical (unpaired) electrons. The maximum absolute atomic E-state index is 10.9. The van der Waals surface area contributed by atoms with Crippen LogP contribution in [0, 0.1) is 0 Å². The van der Waals surface area contributed by atoms with Crippen LogP contribution in [0.1, 0.15) is 0 Å². The molecule has 0 aromatic rings. The number of hydrogen-bond donors (Lipinski definition) is 1. The minimum atomic E-state index is -0.901. The molecule has 0 rings (SSSR count). The van der Waals surface area contributed by atoms with Crippen molar-refractivity contribution >= 4 is 5.97 Å². The van der Waals surface area contributed by atoms with Crippen LogP contribution in [0.2, 0.25) is 0 Å². The summed E-state index contributed by atoms with van der Waals surface area (Å²) < 4.78 is 13.8. The molecule has 5 nitrogen and oxygen atoms in total. The molecule has 5 heteroatoms. The highest BCUT2D eigenvalue weighted by atomic mass is 16.7. The largest absolute Gasteiger partial charge is 0.515 e. The third-order valence-electron chi connectivity index (χ3n) is 1.24. The van der Waals surface area contributed by atoms with Gasteiger partial charge in [0, 0.05) is 14.2 Å². The fourth-order valence-corrected chi connectivity index (χ4v) is 0.678. The van der Waals surface area contributed by atoms with Crippen LogP contribution in [0.3, 0.4) is 0 Å². The zero-order valence-electron chi connectivity index (χ0n) is 7.23. The Labute approximate surface area is 70.5 Å². The molecule has 70 valence electrons. The molecule has 0 atom stereocenters. The van der Waals surface area contributed by atoms with Crippen molar-refractivity contribution in [2.75, 3.05) is 21.3 Å². The van der Waals surface area contributed by atoms with E-state index in [0.717, 1.165) is 0 Å². The number of carbonyl (C=O) groups is 1. The lowest BCUT2D eigenvalue weighted by Gasteiger charge is -2.13. The van der Waals surface area contributed by atoms with E-state index in [0.29, 0.717) is 6.26 Å². The van der Waals surface area contributed by atoms with Crippen LogP contribution in [0.15, 0.2) is 11.8 Å². The lowest BCUT2D eigenvalue weighted by molar-refractivity contribution is -0.143. The number of esters is 1. The van der Waals surface area contributed by atoms with Crippen molar-refractivity contribution < 1.29 is 24.1 Å². The average Bonchev–Trinajstić information content (AvgIpc) is 2.12. The highest BCUT2D eigenvalue weighted by Crippen LogP contribution is 2.07. The minimum Gasteiger partial charge on any atom is -0.515 e. The Morgan fingerprint density at radius 3 is 2.08 bits per heavy atom. The maximum Gasteiger partial charge on any atom is 0.342 e. The number of rotatable bonds is 4. The molecular weight excluding hydrogens is 164 g/mol. The lowest BCUT2D eigenvalue weighted by Crippen LogP contribution is -2.23. The van der Waals surface area contributed by atoms with Crippen LogP contribution in [0.25, 0.3) is 0 Å². The zero-order valence-corrected chi connectivity index (χ0v) is 7.23. The van der Waals surface area contributed by atoms with Gasteiger partial charge in [0.1, 0.15) is 5.57 Å². The summed E-state index contributed by atoms with van der Waals surface area (Å²) in [6, 6.07) is 0. The molecule has 0 spiro atoms. The maximum atomic E-state index is 10.9. The highest BCUT2D eigenvalue weighted by Gasteiger charge is 2.21. The first-order valence-electron chi connectivity index (χ1n) is 3.19. The van der Waals surface area contributed by atoms with Gasteiger partial charge in [0.2, 0.25) is 0 Å². The van der Waals surface area contributed by atoms with Crippen molar-refractivity contribution in [1.29, 1.82) is 0 Å². The summed E-state index contributed by atoms with van der Waals surface area (Å²) in [4.78, 5) is 10.9. The van der Waals surface area contributed by atoms with Crippen molar-refractivity contribution in [3.8, 4) is 0 Å². The van der Waals surface area contributed by atoms with E-state index >= 15 is 0 Å². The van der Waals surface area contributed by atoms with Gasteiger partial charge >= 0.3 is 5.97 Å². The molecule has 0 aromatic carbocycles. The molecule has 0 saturated carbocycles. The topological polar surface area (TPSA) is 65.0 Å². The molecular formula is C7H12O5. The van der Waals surface area contributed by atoms with E-state index in [1.54, 1.807) is 0 Å². The van der Waals surface area contributed by atoms with Crippen LogP contribution in [0.4, 0.5) is 0 Å². The van der Waals surface area contributed by atoms with Crippen LogP contribution in [0.5, 0.6) is 0 Å². The van der Waals surface area contributed by atoms with Gasteiger partial charge in [0.25, 0.3) is 0 Å². The van der Waals surface area contributed by atoms with Gasteiger partial charge in [-0.1, -0.05) is 0 Å². The van der Waals surface area contributed by atoms with Gasteiger partial charge in [-0.3, -0.25) is 0 Å². The molecule has 0 aromatic heterocycles. The third-order valence-corrected chi connectivity index (χ3v) is 1.24. The van der Waals surface area contributed by atoms with Gasteiger partial charge in [-0.15, -0.1) is 0 Å². The monoisotopic (exact) mass is 176 g/mol. The summed E-state index contributed by atoms with van der Waals surface area (Å²) in [6.07, 6.45) is -0.300. The third kappa shape index (κ3) is 2.52. The molecule has 0 aliphatic rings. The molecule has 0 saturated heterocycles. The van der Waals surface area contributed by atoms with E-state index in [4.69, 9.17) is 14.6 Å². The first-order valence-corrected chi connectivity index (χ1v) is 3.19. The zero-order chi connectivity index (χ0) is 9.56. The Morgan fingerprint density at radius 2 is 1.83 bits per heavy atom. The quantitative estimate of drug-likeness (QED) is 0.287. The number of hydrogen-bond acceptors (Lipinski definition) is 5.